The molecule has 0 aliphatic carbocycles. The van der Waals surface area contributed by atoms with Crippen LogP contribution in [-0.2, 0) is 16.1 Å². The Kier molecular flexibility index (Phi) is 6.84. The van der Waals surface area contributed by atoms with Gasteiger partial charge in [0.1, 0.15) is 17.3 Å². The molecule has 1 unspecified atom stereocenters. The highest BCUT2D eigenvalue weighted by atomic mass is 35.5. The van der Waals surface area contributed by atoms with Gasteiger partial charge in [-0.05, 0) is 54.4 Å². The highest BCUT2D eigenvalue weighted by Gasteiger charge is 2.46. The molecule has 1 aromatic heterocycles. The molecule has 2 heterocycles. The predicted octanol–water partition coefficient (Wildman–Crippen LogP) is 4.76. The van der Waals surface area contributed by atoms with E-state index in [4.69, 9.17) is 21.1 Å². The fourth-order valence-corrected chi connectivity index (χ4v) is 4.16. The van der Waals surface area contributed by atoms with Gasteiger partial charge in [0.05, 0.1) is 30.4 Å². The number of Topliss-reactive ketones (excluding diaryl/α,β-unsaturated/α-hetero) is 1. The van der Waals surface area contributed by atoms with E-state index in [9.17, 15) is 14.7 Å². The second kappa shape index (κ2) is 9.97. The Labute approximate surface area is 202 Å². The maximum Gasteiger partial charge on any atom is 0.295 e. The molecule has 1 N–H and O–H groups in total. The second-order valence-corrected chi connectivity index (χ2v) is 8.04. The normalized spacial score (nSPS) is 17.1. The highest BCUT2D eigenvalue weighted by molar-refractivity contribution is 6.47. The number of halogens is 1. The van der Waals surface area contributed by atoms with Crippen molar-refractivity contribution < 1.29 is 24.2 Å². The number of pyridine rings is 1. The van der Waals surface area contributed by atoms with Gasteiger partial charge in [-0.2, -0.15) is 0 Å². The van der Waals surface area contributed by atoms with Crippen molar-refractivity contribution >= 4 is 29.1 Å². The highest BCUT2D eigenvalue weighted by Crippen LogP contribution is 2.42. The van der Waals surface area contributed by atoms with Crippen molar-refractivity contribution in [3.63, 3.8) is 0 Å². The van der Waals surface area contributed by atoms with E-state index in [1.54, 1.807) is 68.0 Å². The summed E-state index contributed by atoms with van der Waals surface area (Å²) in [6.07, 6.45) is 3.26. The van der Waals surface area contributed by atoms with E-state index < -0.39 is 17.7 Å². The summed E-state index contributed by atoms with van der Waals surface area (Å²) >= 11 is 6.37. The van der Waals surface area contributed by atoms with Gasteiger partial charge < -0.3 is 19.5 Å². The molecular weight excluding hydrogens is 456 g/mol. The number of hydrogen-bond acceptors (Lipinski definition) is 6. The Morgan fingerprint density at radius 1 is 1.12 bits per heavy atom. The number of benzene rings is 2. The molecule has 2 aromatic carbocycles. The second-order valence-electron chi connectivity index (χ2n) is 7.64. The summed E-state index contributed by atoms with van der Waals surface area (Å²) in [5, 5.41) is 11.5. The van der Waals surface area contributed by atoms with E-state index in [2.05, 4.69) is 4.98 Å². The van der Waals surface area contributed by atoms with Crippen molar-refractivity contribution in [1.82, 2.24) is 9.88 Å². The van der Waals surface area contributed by atoms with Crippen LogP contribution in [0.4, 0.5) is 0 Å². The van der Waals surface area contributed by atoms with E-state index >= 15 is 0 Å². The molecule has 1 aliphatic heterocycles. The smallest absolute Gasteiger partial charge is 0.295 e. The van der Waals surface area contributed by atoms with E-state index in [1.165, 1.54) is 4.90 Å². The number of methoxy groups -OCH3 is 1. The van der Waals surface area contributed by atoms with Gasteiger partial charge in [-0.15, -0.1) is 0 Å². The quantitative estimate of drug-likeness (QED) is 0.299. The number of amides is 1. The fraction of sp³-hybridized carbons (Fsp3) is 0.192. The molecule has 1 saturated heterocycles. The number of ether oxygens (including phenoxy) is 2. The molecule has 0 saturated carbocycles. The Morgan fingerprint density at radius 2 is 1.85 bits per heavy atom. The third kappa shape index (κ3) is 4.47. The Bertz CT molecular complexity index is 1240. The molecule has 7 nitrogen and oxygen atoms in total. The largest absolute Gasteiger partial charge is 0.507 e. The summed E-state index contributed by atoms with van der Waals surface area (Å²) in [4.78, 5) is 31.9. The Balaban J connectivity index is 1.87. The van der Waals surface area contributed by atoms with Crippen molar-refractivity contribution in [3.8, 4) is 11.5 Å². The van der Waals surface area contributed by atoms with Gasteiger partial charge in [-0.25, -0.2) is 0 Å². The van der Waals surface area contributed by atoms with E-state index in [0.29, 0.717) is 23.7 Å². The number of likely N-dealkylation sites (tertiary alicyclic amines) is 1. The molecule has 1 atom stereocenters. The van der Waals surface area contributed by atoms with Crippen LogP contribution in [0.1, 0.15) is 29.7 Å². The van der Waals surface area contributed by atoms with Crippen LogP contribution in [-0.4, -0.2) is 40.4 Å². The molecule has 8 heteroatoms. The summed E-state index contributed by atoms with van der Waals surface area (Å²) in [6, 6.07) is 14.5. The zero-order chi connectivity index (χ0) is 24.2. The average molecular weight is 479 g/mol. The van der Waals surface area contributed by atoms with Gasteiger partial charge in [0, 0.05) is 24.5 Å². The first-order chi connectivity index (χ1) is 16.4. The third-order valence-electron chi connectivity index (χ3n) is 5.55. The molecule has 0 radical (unpaired) electrons. The first-order valence-corrected chi connectivity index (χ1v) is 11.1. The van der Waals surface area contributed by atoms with Gasteiger partial charge in [0.25, 0.3) is 11.7 Å². The number of rotatable bonds is 7. The van der Waals surface area contributed by atoms with Crippen molar-refractivity contribution in [1.29, 1.82) is 0 Å². The van der Waals surface area contributed by atoms with Crippen LogP contribution in [0.15, 0.2) is 72.6 Å². The summed E-state index contributed by atoms with van der Waals surface area (Å²) in [5.74, 6) is -0.762. The molecule has 34 heavy (non-hydrogen) atoms. The minimum absolute atomic E-state index is 0.0467. The van der Waals surface area contributed by atoms with Gasteiger partial charge in [0.15, 0.2) is 0 Å². The molecule has 3 aromatic rings. The zero-order valence-corrected chi connectivity index (χ0v) is 19.5. The van der Waals surface area contributed by atoms with Crippen molar-refractivity contribution in [2.45, 2.75) is 19.5 Å². The van der Waals surface area contributed by atoms with Crippen LogP contribution in [0, 0.1) is 0 Å². The number of carbonyl (C=O) groups excluding carboxylic acids is 2. The number of nitrogens with zero attached hydrogens (tertiary/aromatic N) is 2. The van der Waals surface area contributed by atoms with Crippen molar-refractivity contribution in [3.05, 3.63) is 94.3 Å². The monoisotopic (exact) mass is 478 g/mol. The lowest BCUT2D eigenvalue weighted by atomic mass is 9.95. The Morgan fingerprint density at radius 3 is 2.50 bits per heavy atom. The number of hydrogen-bond donors (Lipinski definition) is 1. The van der Waals surface area contributed by atoms with Crippen molar-refractivity contribution in [2.75, 3.05) is 13.7 Å². The first kappa shape index (κ1) is 23.3. The predicted molar refractivity (Wildman–Crippen MR) is 128 cm³/mol. The summed E-state index contributed by atoms with van der Waals surface area (Å²) in [5.41, 5.74) is 1.56. The number of carbonyl (C=O) groups is 2. The van der Waals surface area contributed by atoms with Gasteiger partial charge >= 0.3 is 0 Å². The minimum Gasteiger partial charge on any atom is -0.507 e. The standard InChI is InChI=1S/C26H23ClN2O5/c1-3-34-19-10-11-21(27)20(13-19)24(30)22-23(17-6-8-18(33-2)9-7-17)29(26(32)25(22)31)15-16-5-4-12-28-14-16/h4-14,23,30H,3,15H2,1-2H3/b24-22+. The van der Waals surface area contributed by atoms with Crippen molar-refractivity contribution in [2.24, 2.45) is 0 Å². The van der Waals surface area contributed by atoms with E-state index in [1.807, 2.05) is 13.0 Å². The van der Waals surface area contributed by atoms with Crippen LogP contribution in [0.25, 0.3) is 5.76 Å². The zero-order valence-electron chi connectivity index (χ0n) is 18.7. The Hall–Kier alpha value is -3.84. The van der Waals surface area contributed by atoms with Crippen LogP contribution in [0.2, 0.25) is 5.02 Å². The van der Waals surface area contributed by atoms with Gasteiger partial charge in [0.2, 0.25) is 0 Å². The maximum absolute atomic E-state index is 13.2. The lowest BCUT2D eigenvalue weighted by Crippen LogP contribution is -2.29. The average Bonchev–Trinajstić information content (AvgIpc) is 3.10. The van der Waals surface area contributed by atoms with Crippen LogP contribution in [0.3, 0.4) is 0 Å². The lowest BCUT2D eigenvalue weighted by molar-refractivity contribution is -0.140. The number of ketones is 1. The number of aliphatic hydroxyl groups is 1. The summed E-state index contributed by atoms with van der Waals surface area (Å²) in [6.45, 7) is 2.39. The number of aromatic nitrogens is 1. The molecule has 1 amide bonds. The summed E-state index contributed by atoms with van der Waals surface area (Å²) in [7, 11) is 1.55. The van der Waals surface area contributed by atoms with Crippen LogP contribution in [0.5, 0.6) is 11.5 Å². The molecule has 174 valence electrons. The van der Waals surface area contributed by atoms with E-state index in [-0.39, 0.29) is 28.5 Å². The minimum atomic E-state index is -0.835. The third-order valence-corrected chi connectivity index (χ3v) is 5.88. The molecule has 0 bridgehead atoms. The first-order valence-electron chi connectivity index (χ1n) is 10.7. The van der Waals surface area contributed by atoms with Gasteiger partial charge in [-0.1, -0.05) is 29.8 Å². The van der Waals surface area contributed by atoms with E-state index in [0.717, 1.165) is 5.56 Å². The van der Waals surface area contributed by atoms with Gasteiger partial charge in [-0.3, -0.25) is 14.6 Å². The van der Waals surface area contributed by atoms with Crippen LogP contribution < -0.4 is 9.47 Å². The molecule has 1 aliphatic rings. The SMILES string of the molecule is CCOc1ccc(Cl)c(/C(O)=C2\C(=O)C(=O)N(Cc3cccnc3)C2c2ccc(OC)cc2)c1. The molecular formula is C26H23ClN2O5. The molecule has 4 rings (SSSR count). The topological polar surface area (TPSA) is 89.0 Å². The number of aliphatic hydroxyl groups excluding tert-OH is 1. The van der Waals surface area contributed by atoms with Crippen LogP contribution >= 0.6 is 11.6 Å². The molecule has 0 spiro atoms. The fourth-order valence-electron chi connectivity index (χ4n) is 3.95. The maximum atomic E-state index is 13.2. The summed E-state index contributed by atoms with van der Waals surface area (Å²) < 4.78 is 10.8. The lowest BCUT2D eigenvalue weighted by Gasteiger charge is -2.25. The molecule has 1 fully saturated rings.